The molecule has 2 saturated heterocycles. The van der Waals surface area contributed by atoms with Crippen molar-refractivity contribution in [3.05, 3.63) is 30.1 Å². The SMILES string of the molecule is O=C(NCC1CCCN(C(=O)CSCc2ccccn2)C1)C1CCCN1. The summed E-state index contributed by atoms with van der Waals surface area (Å²) < 4.78 is 0. The number of hydrogen-bond acceptors (Lipinski definition) is 5. The van der Waals surface area contributed by atoms with E-state index in [-0.39, 0.29) is 17.9 Å². The van der Waals surface area contributed by atoms with Crippen LogP contribution in [0.1, 0.15) is 31.4 Å². The fourth-order valence-electron chi connectivity index (χ4n) is 3.55. The van der Waals surface area contributed by atoms with Crippen molar-refractivity contribution in [1.82, 2.24) is 20.5 Å². The van der Waals surface area contributed by atoms with E-state index in [0.29, 0.717) is 18.2 Å². The molecule has 142 valence electrons. The third-order valence-corrected chi connectivity index (χ3v) is 5.97. The van der Waals surface area contributed by atoms with Gasteiger partial charge < -0.3 is 15.5 Å². The van der Waals surface area contributed by atoms with Crippen molar-refractivity contribution in [2.24, 2.45) is 5.92 Å². The van der Waals surface area contributed by atoms with E-state index in [4.69, 9.17) is 0 Å². The Bertz CT molecular complexity index is 592. The maximum atomic E-state index is 12.5. The molecule has 2 fully saturated rings. The van der Waals surface area contributed by atoms with Gasteiger partial charge in [-0.05, 0) is 50.3 Å². The van der Waals surface area contributed by atoms with Gasteiger partial charge >= 0.3 is 0 Å². The molecule has 3 rings (SSSR count). The third-order valence-electron chi connectivity index (χ3n) is 5.02. The van der Waals surface area contributed by atoms with E-state index in [1.807, 2.05) is 23.1 Å². The molecule has 0 radical (unpaired) electrons. The highest BCUT2D eigenvalue weighted by Crippen LogP contribution is 2.18. The lowest BCUT2D eigenvalue weighted by Gasteiger charge is -2.33. The van der Waals surface area contributed by atoms with Crippen LogP contribution in [-0.4, -0.2) is 59.7 Å². The molecule has 1 aromatic rings. The summed E-state index contributed by atoms with van der Waals surface area (Å²) in [5.41, 5.74) is 1.00. The van der Waals surface area contributed by atoms with Gasteiger partial charge in [-0.1, -0.05) is 6.07 Å². The number of carbonyl (C=O) groups excluding carboxylic acids is 2. The van der Waals surface area contributed by atoms with E-state index in [1.165, 1.54) is 0 Å². The first-order valence-electron chi connectivity index (χ1n) is 9.49. The standard InChI is InChI=1S/C19H28N4O2S/c24-18(14-26-13-16-6-1-2-8-20-16)23-10-4-5-15(12-23)11-22-19(25)17-7-3-9-21-17/h1-2,6,8,15,17,21H,3-5,7,9-14H2,(H,22,25). The molecule has 0 aliphatic carbocycles. The number of nitrogens with zero attached hydrogens (tertiary/aromatic N) is 2. The Labute approximate surface area is 159 Å². The Balaban J connectivity index is 1.36. The average Bonchev–Trinajstić information content (AvgIpc) is 3.22. The first-order valence-corrected chi connectivity index (χ1v) is 10.6. The Morgan fingerprint density at radius 2 is 2.23 bits per heavy atom. The van der Waals surface area contributed by atoms with Crippen molar-refractivity contribution in [3.63, 3.8) is 0 Å². The molecule has 2 unspecified atom stereocenters. The monoisotopic (exact) mass is 376 g/mol. The average molecular weight is 377 g/mol. The van der Waals surface area contributed by atoms with Crippen LogP contribution >= 0.6 is 11.8 Å². The van der Waals surface area contributed by atoms with E-state index in [0.717, 1.165) is 56.8 Å². The Morgan fingerprint density at radius 1 is 1.31 bits per heavy atom. The molecular weight excluding hydrogens is 348 g/mol. The van der Waals surface area contributed by atoms with E-state index < -0.39 is 0 Å². The molecular formula is C19H28N4O2S. The van der Waals surface area contributed by atoms with Crippen LogP contribution in [0.2, 0.25) is 0 Å². The summed E-state index contributed by atoms with van der Waals surface area (Å²) in [6.45, 7) is 3.18. The lowest BCUT2D eigenvalue weighted by Crippen LogP contribution is -2.47. The van der Waals surface area contributed by atoms with Gasteiger partial charge in [0.1, 0.15) is 0 Å². The number of pyridine rings is 1. The third kappa shape index (κ3) is 5.71. The largest absolute Gasteiger partial charge is 0.354 e. The van der Waals surface area contributed by atoms with E-state index in [2.05, 4.69) is 15.6 Å². The maximum absolute atomic E-state index is 12.5. The molecule has 6 nitrogen and oxygen atoms in total. The topological polar surface area (TPSA) is 74.3 Å². The Kier molecular flexibility index (Phi) is 7.32. The Hall–Kier alpha value is -1.60. The molecule has 0 aromatic carbocycles. The van der Waals surface area contributed by atoms with Crippen LogP contribution in [-0.2, 0) is 15.3 Å². The van der Waals surface area contributed by atoms with Crippen LogP contribution in [0, 0.1) is 5.92 Å². The highest BCUT2D eigenvalue weighted by molar-refractivity contribution is 7.99. The first-order chi connectivity index (χ1) is 12.7. The predicted molar refractivity (Wildman–Crippen MR) is 104 cm³/mol. The fraction of sp³-hybridized carbons (Fsp3) is 0.632. The van der Waals surface area contributed by atoms with Gasteiger partial charge in [0, 0.05) is 31.6 Å². The molecule has 0 spiro atoms. The minimum atomic E-state index is -0.0284. The molecule has 2 atom stereocenters. The number of thioether (sulfide) groups is 1. The van der Waals surface area contributed by atoms with Gasteiger partial charge in [-0.15, -0.1) is 11.8 Å². The van der Waals surface area contributed by atoms with Gasteiger partial charge in [0.2, 0.25) is 11.8 Å². The smallest absolute Gasteiger partial charge is 0.237 e. The molecule has 2 aliphatic heterocycles. The summed E-state index contributed by atoms with van der Waals surface area (Å²) in [7, 11) is 0. The van der Waals surface area contributed by atoms with E-state index >= 15 is 0 Å². The highest BCUT2D eigenvalue weighted by Gasteiger charge is 2.26. The summed E-state index contributed by atoms with van der Waals surface area (Å²) in [4.78, 5) is 30.8. The van der Waals surface area contributed by atoms with Crippen LogP contribution < -0.4 is 10.6 Å². The van der Waals surface area contributed by atoms with Gasteiger partial charge in [0.15, 0.2) is 0 Å². The second-order valence-corrected chi connectivity index (χ2v) is 8.04. The lowest BCUT2D eigenvalue weighted by molar-refractivity contribution is -0.130. The second-order valence-electron chi connectivity index (χ2n) is 7.06. The summed E-state index contributed by atoms with van der Waals surface area (Å²) in [5, 5.41) is 6.29. The van der Waals surface area contributed by atoms with E-state index in [1.54, 1.807) is 18.0 Å². The van der Waals surface area contributed by atoms with Crippen LogP contribution in [0.25, 0.3) is 0 Å². The van der Waals surface area contributed by atoms with Crippen molar-refractivity contribution in [1.29, 1.82) is 0 Å². The van der Waals surface area contributed by atoms with Crippen LogP contribution in [0.4, 0.5) is 0 Å². The minimum Gasteiger partial charge on any atom is -0.354 e. The van der Waals surface area contributed by atoms with Crippen molar-refractivity contribution < 1.29 is 9.59 Å². The van der Waals surface area contributed by atoms with Crippen LogP contribution in [0.5, 0.6) is 0 Å². The molecule has 26 heavy (non-hydrogen) atoms. The van der Waals surface area contributed by atoms with Gasteiger partial charge in [0.05, 0.1) is 17.5 Å². The van der Waals surface area contributed by atoms with Crippen molar-refractivity contribution in [2.75, 3.05) is 31.9 Å². The summed E-state index contributed by atoms with van der Waals surface area (Å²) in [5.74, 6) is 1.91. The van der Waals surface area contributed by atoms with Crippen LogP contribution in [0.3, 0.4) is 0 Å². The fourth-order valence-corrected chi connectivity index (χ4v) is 4.39. The maximum Gasteiger partial charge on any atom is 0.237 e. The number of likely N-dealkylation sites (tertiary alicyclic amines) is 1. The molecule has 3 heterocycles. The summed E-state index contributed by atoms with van der Waals surface area (Å²) in [6, 6.07) is 5.82. The molecule has 2 aliphatic rings. The molecule has 2 N–H and O–H groups in total. The van der Waals surface area contributed by atoms with Gasteiger partial charge in [-0.3, -0.25) is 14.6 Å². The predicted octanol–water partition coefficient (Wildman–Crippen LogP) is 1.42. The van der Waals surface area contributed by atoms with Crippen molar-refractivity contribution in [3.8, 4) is 0 Å². The van der Waals surface area contributed by atoms with Crippen LogP contribution in [0.15, 0.2) is 24.4 Å². The molecule has 7 heteroatoms. The second kappa shape index (κ2) is 9.92. The van der Waals surface area contributed by atoms with E-state index in [9.17, 15) is 9.59 Å². The zero-order chi connectivity index (χ0) is 18.2. The normalized spacial score (nSPS) is 23.0. The number of amides is 2. The molecule has 0 bridgehead atoms. The van der Waals surface area contributed by atoms with Crippen molar-refractivity contribution >= 4 is 23.6 Å². The number of carbonyl (C=O) groups is 2. The Morgan fingerprint density at radius 3 is 3.00 bits per heavy atom. The molecule has 0 saturated carbocycles. The summed E-state index contributed by atoms with van der Waals surface area (Å²) >= 11 is 1.61. The zero-order valence-electron chi connectivity index (χ0n) is 15.2. The van der Waals surface area contributed by atoms with Gasteiger partial charge in [0.25, 0.3) is 0 Å². The quantitative estimate of drug-likeness (QED) is 0.753. The lowest BCUT2D eigenvalue weighted by atomic mass is 9.98. The first kappa shape index (κ1) is 19.2. The minimum absolute atomic E-state index is 0.0284. The van der Waals surface area contributed by atoms with Gasteiger partial charge in [-0.2, -0.15) is 0 Å². The number of aromatic nitrogens is 1. The summed E-state index contributed by atoms with van der Waals surface area (Å²) in [6.07, 6.45) is 5.86. The zero-order valence-corrected chi connectivity index (χ0v) is 16.0. The number of piperidine rings is 1. The number of hydrogen-bond donors (Lipinski definition) is 2. The molecule has 1 aromatic heterocycles. The number of nitrogens with one attached hydrogen (secondary N) is 2. The van der Waals surface area contributed by atoms with Gasteiger partial charge in [-0.25, -0.2) is 0 Å². The van der Waals surface area contributed by atoms with Crippen molar-refractivity contribution in [2.45, 2.75) is 37.5 Å². The molecule has 2 amide bonds. The highest BCUT2D eigenvalue weighted by atomic mass is 32.2. The number of rotatable bonds is 7.